The van der Waals surface area contributed by atoms with Gasteiger partial charge in [-0.2, -0.15) is 0 Å². The lowest BCUT2D eigenvalue weighted by Crippen LogP contribution is -2.10. The molecule has 0 N–H and O–H groups in total. The number of hydrogen-bond acceptors (Lipinski definition) is 2. The normalized spacial score (nSPS) is 18.9. The molecule has 0 atom stereocenters. The minimum Gasteiger partial charge on any atom is -0.310 e. The van der Waals surface area contributed by atoms with Crippen LogP contribution in [0.3, 0.4) is 0 Å². The van der Waals surface area contributed by atoms with E-state index in [1.807, 2.05) is 59.2 Å². The number of aromatic nitrogens is 2. The van der Waals surface area contributed by atoms with E-state index in [2.05, 4.69) is 0 Å². The first-order valence-corrected chi connectivity index (χ1v) is 28.7. The summed E-state index contributed by atoms with van der Waals surface area (Å²) in [5.74, 6) is 0. The van der Waals surface area contributed by atoms with Crippen LogP contribution >= 0.6 is 0 Å². The minimum atomic E-state index is -1.32. The van der Waals surface area contributed by atoms with E-state index in [0.717, 1.165) is 22.1 Å². The van der Waals surface area contributed by atoms with Crippen LogP contribution in [-0.2, 0) is 0 Å². The maximum absolute atomic E-state index is 9.97. The Balaban J connectivity index is 0.000000204. The van der Waals surface area contributed by atoms with Crippen LogP contribution in [0.2, 0.25) is 0 Å². The van der Waals surface area contributed by atoms with Crippen LogP contribution < -0.4 is 9.80 Å². The van der Waals surface area contributed by atoms with Crippen molar-refractivity contribution in [2.45, 2.75) is 0 Å². The van der Waals surface area contributed by atoms with E-state index < -0.39 is 431 Å². The maximum atomic E-state index is 9.97. The zero-order chi connectivity index (χ0) is 109. The van der Waals surface area contributed by atoms with Crippen molar-refractivity contribution >= 4 is 99.3 Å². The molecule has 452 valence electrons. The summed E-state index contributed by atoms with van der Waals surface area (Å²) in [6, 6.07) is -29.7. The highest BCUT2D eigenvalue weighted by Gasteiger charge is 2.21. The van der Waals surface area contributed by atoms with Gasteiger partial charge in [0.25, 0.3) is 0 Å². The van der Waals surface area contributed by atoms with E-state index in [9.17, 15) is 28.8 Å². The van der Waals surface area contributed by atoms with Crippen LogP contribution in [0.5, 0.6) is 0 Å². The third-order valence-corrected chi connectivity index (χ3v) is 15.0. The van der Waals surface area contributed by atoms with Gasteiger partial charge in [0.2, 0.25) is 0 Å². The third-order valence-electron chi connectivity index (χ3n) is 15.0. The number of nitrogens with zero attached hydrogens (tertiary/aromatic N) is 4. The van der Waals surface area contributed by atoms with Gasteiger partial charge in [-0.25, -0.2) is 0 Å². The van der Waals surface area contributed by atoms with E-state index in [1.54, 1.807) is 18.2 Å². The van der Waals surface area contributed by atoms with E-state index in [0.29, 0.717) is 19.8 Å². The largest absolute Gasteiger partial charge is 0.310 e. The molecule has 2 heterocycles. The summed E-state index contributed by atoms with van der Waals surface area (Å²) in [7, 11) is 0. The number of rotatable bonds is 12. The zero-order valence-corrected chi connectivity index (χ0v) is 48.7. The van der Waals surface area contributed by atoms with Crippen LogP contribution in [0.15, 0.2) is 387 Å². The second-order valence-corrected chi connectivity index (χ2v) is 20.4. The zero-order valence-electron chi connectivity index (χ0n) is 101. The monoisotopic (exact) mass is 1280 g/mol. The van der Waals surface area contributed by atoms with Gasteiger partial charge < -0.3 is 18.9 Å². The fourth-order valence-corrected chi connectivity index (χ4v) is 10.8. The minimum absolute atomic E-state index is 0.176. The molecule has 18 aromatic rings. The third kappa shape index (κ3) is 10.7. The summed E-state index contributed by atoms with van der Waals surface area (Å²) < 4.78 is 468. The Bertz CT molecular complexity index is 8970. The molecular formula is C92H64N4. The molecule has 0 fully saturated rings. The first kappa shape index (κ1) is 24.6. The highest BCUT2D eigenvalue weighted by atomic mass is 15.1. The predicted octanol–water partition coefficient (Wildman–Crippen LogP) is 25.5. The Morgan fingerprint density at radius 2 is 0.646 bits per heavy atom. The SMILES string of the molecule is [2H]c1c([2H])c([2H])c(-c2c([2H])c([2H])c(N(c3c([2H])c([2H])c([2H])c(-c4c([2H])c([2H])c5c(c4[2H])c4c([2H])c([2H])c([2H])c([2H])c4n5-c4c([2H])c([2H])c([2H])c([2H])c4[2H])c3[2H])c3c([2H])c([2H])c([2H])c4c([2H])c([2H])c([2H])c([2H])c34)c([2H])c2[2H])c([2H])c1[2H].[2H]c1c([2H])c([2H])c(-c2c([2H])c([2H])c(N(c3c([2H])c([2H])c([2H])c(-c4ccc5c(c4)c4ccccc4n5-c4ccccc4)c3[2H])c3c([2H])c([2H])c([2H])c4c([2H])c([2H])c([2H])c([2H])c34)c([2H])c2[2H])c([2H])c1[2H]. The fraction of sp³-hybridized carbons (Fsp3) is 0. The van der Waals surface area contributed by atoms with Crippen molar-refractivity contribution < 1.29 is 71.3 Å². The molecule has 0 saturated carbocycles. The maximum Gasteiger partial charge on any atom is 0.0651 e. The van der Waals surface area contributed by atoms with Crippen molar-refractivity contribution in [1.29, 1.82) is 0 Å². The van der Waals surface area contributed by atoms with Crippen molar-refractivity contribution in [2.24, 2.45) is 0 Å². The summed E-state index contributed by atoms with van der Waals surface area (Å²) in [6.45, 7) is 0. The predicted molar refractivity (Wildman–Crippen MR) is 408 cm³/mol. The first-order valence-electron chi connectivity index (χ1n) is 54.7. The van der Waals surface area contributed by atoms with Gasteiger partial charge in [-0.15, -0.1) is 0 Å². The molecule has 4 nitrogen and oxygen atoms in total. The molecule has 0 bridgehead atoms. The topological polar surface area (TPSA) is 16.3 Å². The van der Waals surface area contributed by atoms with Gasteiger partial charge in [0, 0.05) is 66.4 Å². The molecule has 18 rings (SSSR count). The Labute approximate surface area is 632 Å². The Morgan fingerprint density at radius 1 is 0.219 bits per heavy atom. The smallest absolute Gasteiger partial charge is 0.0651 e. The van der Waals surface area contributed by atoms with Crippen LogP contribution in [-0.4, -0.2) is 9.13 Å². The van der Waals surface area contributed by atoms with Crippen molar-refractivity contribution in [3.8, 4) is 55.9 Å². The van der Waals surface area contributed by atoms with Gasteiger partial charge in [0.15, 0.2) is 0 Å². The van der Waals surface area contributed by atoms with Crippen LogP contribution in [0.25, 0.3) is 121 Å². The highest BCUT2D eigenvalue weighted by molar-refractivity contribution is 6.12. The van der Waals surface area contributed by atoms with Crippen molar-refractivity contribution in [3.05, 3.63) is 387 Å². The summed E-state index contributed by atoms with van der Waals surface area (Å²) in [5, 5.41) is -2.88. The van der Waals surface area contributed by atoms with Crippen molar-refractivity contribution in [2.75, 3.05) is 9.80 Å². The Kier molecular flexibility index (Phi) is 6.42. The Morgan fingerprint density at radius 3 is 1.25 bits per heavy atom. The summed E-state index contributed by atoms with van der Waals surface area (Å²) in [4.78, 5) is 0.968. The molecule has 16 aromatic carbocycles. The van der Waals surface area contributed by atoms with Crippen LogP contribution in [0.4, 0.5) is 34.1 Å². The average Bonchev–Trinajstić information content (AvgIpc) is 1.47. The van der Waals surface area contributed by atoms with E-state index in [1.165, 1.54) is 0 Å². The molecule has 0 unspecified atom stereocenters. The van der Waals surface area contributed by atoms with E-state index in [4.69, 9.17) is 42.5 Å². The molecular weight excluding hydrogens is 1160 g/mol. The lowest BCUT2D eigenvalue weighted by molar-refractivity contribution is 1.18. The Hall–Kier alpha value is -12.8. The summed E-state index contributed by atoms with van der Waals surface area (Å²) >= 11 is 0. The van der Waals surface area contributed by atoms with Crippen molar-refractivity contribution in [3.63, 3.8) is 0 Å². The number of fused-ring (bicyclic) bond motifs is 8. The molecule has 0 amide bonds. The molecule has 0 saturated heterocycles. The van der Waals surface area contributed by atoms with Gasteiger partial charge in [-0.05, 0) is 176 Å². The molecule has 0 aliphatic heterocycles. The molecule has 2 aromatic heterocycles. The summed E-state index contributed by atoms with van der Waals surface area (Å²) in [5.41, 5.74) is -11.2. The fourth-order valence-electron chi connectivity index (χ4n) is 10.8. The molecule has 0 spiro atoms. The van der Waals surface area contributed by atoms with Gasteiger partial charge in [0.1, 0.15) is 0 Å². The van der Waals surface area contributed by atoms with Gasteiger partial charge in [-0.1, -0.05) is 266 Å². The first-order chi connectivity index (χ1) is 69.3. The number of para-hydroxylation sites is 4. The molecule has 96 heavy (non-hydrogen) atoms. The number of benzene rings is 16. The molecule has 0 aliphatic rings. The second kappa shape index (κ2) is 25.0. The highest BCUT2D eigenvalue weighted by Crippen LogP contribution is 2.45. The lowest BCUT2D eigenvalue weighted by atomic mass is 10.0. The average molecular weight is 1280 g/mol. The number of hydrogen-bond donors (Lipinski definition) is 0. The van der Waals surface area contributed by atoms with Gasteiger partial charge >= 0.3 is 0 Å². The summed E-state index contributed by atoms with van der Waals surface area (Å²) in [6.07, 6.45) is 0. The molecule has 4 heteroatoms. The van der Waals surface area contributed by atoms with Crippen molar-refractivity contribution in [1.82, 2.24) is 9.13 Å². The standard InChI is InChI=1S/2C46H32N2/c2*1-3-13-33(14-4-1)34-25-28-39(29-26-34)47(44-24-12-16-35-15-7-8-21-41(35)44)40-20-11-17-36(31-40)37-27-30-46-43(32-37)42-22-9-10-23-45(42)48(46)38-18-5-2-6-19-38/h2*1-32H/i1D,2D,3D,4D,5D,6D,7D,8D,9D,10D,11D,12D,13D,14D,15D,16D,17D,18D,19D,20D,21D,22D,23D,24D,25D,26D,27D,28D,29D,30D,31D,32D;1D,3D,4D,7D,8D,11D,12D,13D,14D,15D,16D,17D,20D,21D,24D,25D,26D,28D,29D,31D. The second-order valence-electron chi connectivity index (χ2n) is 20.4. The lowest BCUT2D eigenvalue weighted by Gasteiger charge is -2.27. The van der Waals surface area contributed by atoms with Crippen LogP contribution in [0, 0.1) is 0 Å². The molecule has 0 radical (unpaired) electrons. The molecule has 0 aliphatic carbocycles. The van der Waals surface area contributed by atoms with Crippen LogP contribution in [0.1, 0.15) is 71.3 Å². The van der Waals surface area contributed by atoms with E-state index >= 15 is 0 Å². The van der Waals surface area contributed by atoms with E-state index in [-0.39, 0.29) is 11.1 Å². The van der Waals surface area contributed by atoms with Gasteiger partial charge in [0.05, 0.1) is 105 Å². The van der Waals surface area contributed by atoms with Gasteiger partial charge in [-0.3, -0.25) is 0 Å². The quantitative estimate of drug-likeness (QED) is 0.121. The number of anilines is 6.